The third-order valence-electron chi connectivity index (χ3n) is 4.47. The minimum atomic E-state index is 0.776. The van der Waals surface area contributed by atoms with Gasteiger partial charge in [-0.05, 0) is 50.0 Å². The maximum atomic E-state index is 3.84. The van der Waals surface area contributed by atoms with E-state index in [4.69, 9.17) is 0 Å². The third-order valence-corrected chi connectivity index (χ3v) is 4.47. The molecule has 0 aromatic heterocycles. The summed E-state index contributed by atoms with van der Waals surface area (Å²) in [6, 6.07) is 0.776. The first-order chi connectivity index (χ1) is 8.19. The second kappa shape index (κ2) is 8.13. The molecule has 1 rings (SSSR count). The molecule has 0 aromatic rings. The van der Waals surface area contributed by atoms with E-state index in [-0.39, 0.29) is 0 Å². The van der Waals surface area contributed by atoms with Crippen LogP contribution in [0.15, 0.2) is 0 Å². The Morgan fingerprint density at radius 1 is 1.18 bits per heavy atom. The van der Waals surface area contributed by atoms with Crippen LogP contribution in [0.2, 0.25) is 0 Å². The monoisotopic (exact) mass is 239 g/mol. The Bertz CT molecular complexity index is 190. The van der Waals surface area contributed by atoms with E-state index in [1.165, 1.54) is 51.5 Å². The Morgan fingerprint density at radius 3 is 2.53 bits per heavy atom. The molecule has 1 saturated carbocycles. The van der Waals surface area contributed by atoms with Crippen molar-refractivity contribution in [2.45, 2.75) is 78.7 Å². The molecule has 0 radical (unpaired) electrons. The summed E-state index contributed by atoms with van der Waals surface area (Å²) in [6.45, 7) is 10.7. The quantitative estimate of drug-likeness (QED) is 0.683. The fourth-order valence-corrected chi connectivity index (χ4v) is 3.59. The standard InChI is InChI=1S/C16H33N/c1-5-8-14(4)16(17-11-6-2)15-10-7-9-13(3)12-15/h13-17H,5-12H2,1-4H3. The normalized spacial score (nSPS) is 28.9. The summed E-state index contributed by atoms with van der Waals surface area (Å²) < 4.78 is 0. The summed E-state index contributed by atoms with van der Waals surface area (Å²) in [5.74, 6) is 2.74. The van der Waals surface area contributed by atoms with Crippen molar-refractivity contribution in [3.8, 4) is 0 Å². The van der Waals surface area contributed by atoms with Crippen LogP contribution in [0.1, 0.15) is 72.6 Å². The van der Waals surface area contributed by atoms with Crippen molar-refractivity contribution in [3.63, 3.8) is 0 Å². The zero-order valence-corrected chi connectivity index (χ0v) is 12.5. The number of hydrogen-bond donors (Lipinski definition) is 1. The van der Waals surface area contributed by atoms with Gasteiger partial charge in [-0.3, -0.25) is 0 Å². The van der Waals surface area contributed by atoms with E-state index in [1.54, 1.807) is 0 Å². The highest BCUT2D eigenvalue weighted by atomic mass is 14.9. The predicted molar refractivity (Wildman–Crippen MR) is 77.3 cm³/mol. The van der Waals surface area contributed by atoms with Crippen LogP contribution in [0, 0.1) is 17.8 Å². The fourth-order valence-electron chi connectivity index (χ4n) is 3.59. The molecule has 0 spiro atoms. The molecular weight excluding hydrogens is 206 g/mol. The average molecular weight is 239 g/mol. The van der Waals surface area contributed by atoms with Crippen molar-refractivity contribution < 1.29 is 0 Å². The molecule has 1 N–H and O–H groups in total. The van der Waals surface area contributed by atoms with Gasteiger partial charge in [0.2, 0.25) is 0 Å². The van der Waals surface area contributed by atoms with Crippen LogP contribution in [-0.4, -0.2) is 12.6 Å². The summed E-state index contributed by atoms with van der Waals surface area (Å²) >= 11 is 0. The predicted octanol–water partition coefficient (Wildman–Crippen LogP) is 4.62. The average Bonchev–Trinajstić information content (AvgIpc) is 2.30. The van der Waals surface area contributed by atoms with E-state index >= 15 is 0 Å². The zero-order chi connectivity index (χ0) is 12.7. The fraction of sp³-hybridized carbons (Fsp3) is 1.00. The van der Waals surface area contributed by atoms with Gasteiger partial charge >= 0.3 is 0 Å². The van der Waals surface area contributed by atoms with Crippen molar-refractivity contribution >= 4 is 0 Å². The van der Waals surface area contributed by atoms with Gasteiger partial charge in [-0.1, -0.05) is 47.0 Å². The van der Waals surface area contributed by atoms with E-state index in [9.17, 15) is 0 Å². The maximum Gasteiger partial charge on any atom is 0.0121 e. The molecule has 1 aliphatic carbocycles. The summed E-state index contributed by atoms with van der Waals surface area (Å²) in [5.41, 5.74) is 0. The first-order valence-electron chi connectivity index (χ1n) is 7.92. The van der Waals surface area contributed by atoms with Crippen LogP contribution in [0.4, 0.5) is 0 Å². The van der Waals surface area contributed by atoms with Gasteiger partial charge in [0.1, 0.15) is 0 Å². The van der Waals surface area contributed by atoms with Crippen molar-refractivity contribution in [2.75, 3.05) is 6.54 Å². The molecule has 1 fully saturated rings. The van der Waals surface area contributed by atoms with Crippen LogP contribution in [0.5, 0.6) is 0 Å². The molecule has 0 aliphatic heterocycles. The van der Waals surface area contributed by atoms with Gasteiger partial charge in [0, 0.05) is 6.04 Å². The molecule has 0 heterocycles. The lowest BCUT2D eigenvalue weighted by molar-refractivity contribution is 0.178. The van der Waals surface area contributed by atoms with Crippen LogP contribution in [0.25, 0.3) is 0 Å². The summed E-state index contributed by atoms with van der Waals surface area (Å²) in [6.07, 6.45) is 9.79. The van der Waals surface area contributed by atoms with Gasteiger partial charge in [0.15, 0.2) is 0 Å². The van der Waals surface area contributed by atoms with Gasteiger partial charge in [-0.2, -0.15) is 0 Å². The van der Waals surface area contributed by atoms with E-state index in [1.807, 2.05) is 0 Å². The number of hydrogen-bond acceptors (Lipinski definition) is 1. The molecule has 1 aliphatic rings. The van der Waals surface area contributed by atoms with Gasteiger partial charge < -0.3 is 5.32 Å². The Balaban J connectivity index is 2.53. The molecule has 4 atom stereocenters. The highest BCUT2D eigenvalue weighted by Gasteiger charge is 2.29. The molecule has 17 heavy (non-hydrogen) atoms. The third kappa shape index (κ3) is 4.99. The van der Waals surface area contributed by atoms with Crippen LogP contribution >= 0.6 is 0 Å². The molecule has 0 aromatic carbocycles. The Morgan fingerprint density at radius 2 is 1.94 bits per heavy atom. The van der Waals surface area contributed by atoms with Crippen molar-refractivity contribution in [1.29, 1.82) is 0 Å². The Kier molecular flexibility index (Phi) is 7.18. The lowest BCUT2D eigenvalue weighted by Crippen LogP contribution is -2.43. The van der Waals surface area contributed by atoms with E-state index in [0.29, 0.717) is 0 Å². The topological polar surface area (TPSA) is 12.0 Å². The Labute approximate surface area is 109 Å². The number of rotatable bonds is 7. The molecular formula is C16H33N. The first-order valence-corrected chi connectivity index (χ1v) is 7.92. The maximum absolute atomic E-state index is 3.84. The summed E-state index contributed by atoms with van der Waals surface area (Å²) in [7, 11) is 0. The van der Waals surface area contributed by atoms with Gasteiger partial charge in [-0.15, -0.1) is 0 Å². The second-order valence-corrected chi connectivity index (χ2v) is 6.28. The summed E-state index contributed by atoms with van der Waals surface area (Å²) in [4.78, 5) is 0. The highest BCUT2D eigenvalue weighted by Crippen LogP contribution is 2.34. The minimum Gasteiger partial charge on any atom is -0.313 e. The van der Waals surface area contributed by atoms with Crippen molar-refractivity contribution in [2.24, 2.45) is 17.8 Å². The zero-order valence-electron chi connectivity index (χ0n) is 12.5. The van der Waals surface area contributed by atoms with Crippen LogP contribution in [0.3, 0.4) is 0 Å². The lowest BCUT2D eigenvalue weighted by atomic mass is 9.74. The van der Waals surface area contributed by atoms with Crippen LogP contribution in [-0.2, 0) is 0 Å². The number of nitrogens with one attached hydrogen (secondary N) is 1. The van der Waals surface area contributed by atoms with Crippen molar-refractivity contribution in [3.05, 3.63) is 0 Å². The molecule has 102 valence electrons. The van der Waals surface area contributed by atoms with E-state index in [2.05, 4.69) is 33.0 Å². The van der Waals surface area contributed by atoms with Crippen molar-refractivity contribution in [1.82, 2.24) is 5.32 Å². The lowest BCUT2D eigenvalue weighted by Gasteiger charge is -2.37. The SMILES string of the molecule is CCCNC(C(C)CCC)C1CCCC(C)C1. The molecule has 0 bridgehead atoms. The molecule has 4 unspecified atom stereocenters. The molecule has 0 saturated heterocycles. The molecule has 0 amide bonds. The minimum absolute atomic E-state index is 0.776. The summed E-state index contributed by atoms with van der Waals surface area (Å²) in [5, 5.41) is 3.84. The molecule has 1 heteroatoms. The highest BCUT2D eigenvalue weighted by molar-refractivity contribution is 4.84. The van der Waals surface area contributed by atoms with Crippen LogP contribution < -0.4 is 5.32 Å². The largest absolute Gasteiger partial charge is 0.313 e. The van der Waals surface area contributed by atoms with E-state index < -0.39 is 0 Å². The van der Waals surface area contributed by atoms with E-state index in [0.717, 1.165) is 23.8 Å². The second-order valence-electron chi connectivity index (χ2n) is 6.28. The van der Waals surface area contributed by atoms with Gasteiger partial charge in [0.05, 0.1) is 0 Å². The molecule has 1 nitrogen and oxygen atoms in total. The first kappa shape index (κ1) is 15.0. The van der Waals surface area contributed by atoms with Gasteiger partial charge in [0.25, 0.3) is 0 Å². The smallest absolute Gasteiger partial charge is 0.0121 e. The van der Waals surface area contributed by atoms with Gasteiger partial charge in [-0.25, -0.2) is 0 Å². The Hall–Kier alpha value is -0.0400.